The van der Waals surface area contributed by atoms with Gasteiger partial charge in [0.2, 0.25) is 5.91 Å². The molecule has 0 aliphatic carbocycles. The van der Waals surface area contributed by atoms with Gasteiger partial charge in [0.25, 0.3) is 5.91 Å². The maximum Gasteiger partial charge on any atom is 0.270 e. The molecule has 1 aliphatic heterocycles. The van der Waals surface area contributed by atoms with Crippen LogP contribution in [0.5, 0.6) is 0 Å². The van der Waals surface area contributed by atoms with Crippen LogP contribution in [0.3, 0.4) is 0 Å². The third-order valence-corrected chi connectivity index (χ3v) is 5.99. The van der Waals surface area contributed by atoms with E-state index in [1.807, 2.05) is 47.4 Å². The van der Waals surface area contributed by atoms with Crippen molar-refractivity contribution in [3.8, 4) is 10.6 Å². The molecule has 5 nitrogen and oxygen atoms in total. The Bertz CT molecular complexity index is 1000. The zero-order valence-electron chi connectivity index (χ0n) is 16.1. The molecule has 3 aromatic rings. The molecule has 0 atom stereocenters. The van der Waals surface area contributed by atoms with Crippen molar-refractivity contribution in [1.82, 2.24) is 15.2 Å². The quantitative estimate of drug-likeness (QED) is 0.633. The van der Waals surface area contributed by atoms with Gasteiger partial charge in [-0.3, -0.25) is 9.59 Å². The van der Waals surface area contributed by atoms with Crippen LogP contribution in [0.1, 0.15) is 34.5 Å². The monoisotopic (exact) mass is 405 g/mol. The van der Waals surface area contributed by atoms with Crippen molar-refractivity contribution in [3.63, 3.8) is 0 Å². The van der Waals surface area contributed by atoms with Gasteiger partial charge < -0.3 is 10.2 Å². The molecule has 0 saturated heterocycles. The number of nitrogens with one attached hydrogen (secondary N) is 1. The molecule has 0 radical (unpaired) electrons. The van der Waals surface area contributed by atoms with Crippen molar-refractivity contribution in [1.29, 1.82) is 0 Å². The van der Waals surface area contributed by atoms with Gasteiger partial charge in [-0.1, -0.05) is 54.6 Å². The summed E-state index contributed by atoms with van der Waals surface area (Å²) < 4.78 is 0. The number of benzene rings is 2. The van der Waals surface area contributed by atoms with Crippen LogP contribution < -0.4 is 5.32 Å². The highest BCUT2D eigenvalue weighted by Gasteiger charge is 2.20. The lowest BCUT2D eigenvalue weighted by atomic mass is 9.99. The minimum Gasteiger partial charge on any atom is -0.351 e. The van der Waals surface area contributed by atoms with E-state index in [0.717, 1.165) is 23.5 Å². The molecule has 4 rings (SSSR count). The summed E-state index contributed by atoms with van der Waals surface area (Å²) in [6.07, 6.45) is 1.97. The minimum atomic E-state index is -0.192. The number of carbonyl (C=O) groups is 2. The summed E-state index contributed by atoms with van der Waals surface area (Å²) in [6.45, 7) is 1.92. The second-order valence-electron chi connectivity index (χ2n) is 7.10. The summed E-state index contributed by atoms with van der Waals surface area (Å²) in [5, 5.41) is 5.47. The smallest absolute Gasteiger partial charge is 0.270 e. The fourth-order valence-electron chi connectivity index (χ4n) is 3.49. The van der Waals surface area contributed by atoms with Crippen molar-refractivity contribution < 1.29 is 9.59 Å². The van der Waals surface area contributed by atoms with Crippen molar-refractivity contribution >= 4 is 23.2 Å². The van der Waals surface area contributed by atoms with Crippen LogP contribution in [0.25, 0.3) is 10.6 Å². The number of fused-ring (bicyclic) bond motifs is 1. The number of hydrogen-bond donors (Lipinski definition) is 1. The van der Waals surface area contributed by atoms with Crippen LogP contribution in [0.2, 0.25) is 0 Å². The van der Waals surface area contributed by atoms with Crippen molar-refractivity contribution in [2.45, 2.75) is 25.8 Å². The summed E-state index contributed by atoms with van der Waals surface area (Å²) in [6, 6.07) is 18.1. The summed E-state index contributed by atoms with van der Waals surface area (Å²) in [7, 11) is 0. The predicted octanol–water partition coefficient (Wildman–Crippen LogP) is 3.91. The molecule has 6 heteroatoms. The molecule has 2 amide bonds. The van der Waals surface area contributed by atoms with Gasteiger partial charge in [-0.05, 0) is 24.0 Å². The summed E-state index contributed by atoms with van der Waals surface area (Å²) in [5.41, 5.74) is 4.00. The van der Waals surface area contributed by atoms with Crippen LogP contribution in [-0.2, 0) is 17.8 Å². The molecule has 0 spiro atoms. The average molecular weight is 406 g/mol. The van der Waals surface area contributed by atoms with Gasteiger partial charge in [0.05, 0.1) is 0 Å². The number of thiazole rings is 1. The van der Waals surface area contributed by atoms with E-state index in [-0.39, 0.29) is 11.8 Å². The Hall–Kier alpha value is -2.99. The van der Waals surface area contributed by atoms with Crippen LogP contribution in [0.4, 0.5) is 0 Å². The first-order valence-electron chi connectivity index (χ1n) is 9.84. The Labute approximate surface area is 174 Å². The van der Waals surface area contributed by atoms with Crippen LogP contribution in [0, 0.1) is 0 Å². The molecular weight excluding hydrogens is 382 g/mol. The molecule has 2 heterocycles. The molecule has 0 unspecified atom stereocenters. The molecule has 1 aromatic heterocycles. The lowest BCUT2D eigenvalue weighted by Gasteiger charge is -2.29. The summed E-state index contributed by atoms with van der Waals surface area (Å²) in [4.78, 5) is 31.1. The lowest BCUT2D eigenvalue weighted by Crippen LogP contribution is -2.36. The van der Waals surface area contributed by atoms with Gasteiger partial charge in [0, 0.05) is 37.0 Å². The summed E-state index contributed by atoms with van der Waals surface area (Å²) in [5.74, 6) is -0.0449. The molecule has 1 aliphatic rings. The Morgan fingerprint density at radius 1 is 1.03 bits per heavy atom. The number of aromatic nitrogens is 1. The van der Waals surface area contributed by atoms with Crippen molar-refractivity contribution in [2.24, 2.45) is 0 Å². The normalized spacial score (nSPS) is 13.0. The highest BCUT2D eigenvalue weighted by Crippen LogP contribution is 2.23. The number of carbonyl (C=O) groups excluding carboxylic acids is 2. The van der Waals surface area contributed by atoms with Gasteiger partial charge >= 0.3 is 0 Å². The zero-order chi connectivity index (χ0) is 20.1. The van der Waals surface area contributed by atoms with E-state index in [9.17, 15) is 9.59 Å². The molecule has 0 fully saturated rings. The summed E-state index contributed by atoms with van der Waals surface area (Å²) >= 11 is 1.46. The minimum absolute atomic E-state index is 0.147. The molecule has 0 saturated carbocycles. The zero-order valence-corrected chi connectivity index (χ0v) is 17.0. The number of rotatable bonds is 6. The van der Waals surface area contributed by atoms with E-state index in [1.54, 1.807) is 5.38 Å². The predicted molar refractivity (Wildman–Crippen MR) is 115 cm³/mol. The largest absolute Gasteiger partial charge is 0.351 e. The first-order chi connectivity index (χ1) is 14.2. The highest BCUT2D eigenvalue weighted by molar-refractivity contribution is 7.13. The van der Waals surface area contributed by atoms with E-state index < -0.39 is 0 Å². The van der Waals surface area contributed by atoms with Gasteiger partial charge in [0.15, 0.2) is 0 Å². The maximum absolute atomic E-state index is 12.5. The van der Waals surface area contributed by atoms with Crippen LogP contribution >= 0.6 is 11.3 Å². The highest BCUT2D eigenvalue weighted by atomic mass is 32.1. The Kier molecular flexibility index (Phi) is 6.00. The second kappa shape index (κ2) is 9.01. The van der Waals surface area contributed by atoms with Crippen LogP contribution in [0.15, 0.2) is 60.0 Å². The maximum atomic E-state index is 12.5. The Morgan fingerprint density at radius 3 is 2.62 bits per heavy atom. The van der Waals surface area contributed by atoms with Gasteiger partial charge in [-0.2, -0.15) is 0 Å². The fraction of sp³-hybridized carbons (Fsp3) is 0.261. The third kappa shape index (κ3) is 4.71. The Morgan fingerprint density at radius 2 is 1.79 bits per heavy atom. The molecular formula is C23H23N3O2S. The third-order valence-electron chi connectivity index (χ3n) is 5.09. The first kappa shape index (κ1) is 19.3. The molecule has 2 aromatic carbocycles. The first-order valence-corrected chi connectivity index (χ1v) is 10.7. The van der Waals surface area contributed by atoms with Crippen molar-refractivity contribution in [2.75, 3.05) is 13.1 Å². The van der Waals surface area contributed by atoms with E-state index in [0.29, 0.717) is 31.6 Å². The van der Waals surface area contributed by atoms with Gasteiger partial charge in [-0.15, -0.1) is 11.3 Å². The van der Waals surface area contributed by atoms with E-state index in [1.165, 1.54) is 22.5 Å². The topological polar surface area (TPSA) is 62.3 Å². The van der Waals surface area contributed by atoms with Crippen LogP contribution in [-0.4, -0.2) is 34.8 Å². The number of nitrogens with zero attached hydrogens (tertiary/aromatic N) is 2. The molecule has 0 bridgehead atoms. The molecule has 148 valence electrons. The SMILES string of the molecule is O=C(NCCCC(=O)N1CCc2ccccc2C1)c1csc(-c2ccccc2)n1. The van der Waals surface area contributed by atoms with Gasteiger partial charge in [-0.25, -0.2) is 4.98 Å². The van der Waals surface area contributed by atoms with Crippen molar-refractivity contribution in [3.05, 3.63) is 76.8 Å². The second-order valence-corrected chi connectivity index (χ2v) is 7.96. The standard InChI is InChI=1S/C23H23N3O2S/c27-21(26-14-12-17-7-4-5-10-19(17)15-26)11-6-13-24-22(28)20-16-29-23(25-20)18-8-2-1-3-9-18/h1-5,7-10,16H,6,11-15H2,(H,24,28). The van der Waals surface area contributed by atoms with E-state index in [4.69, 9.17) is 0 Å². The van der Waals surface area contributed by atoms with Gasteiger partial charge in [0.1, 0.15) is 10.7 Å². The number of amides is 2. The fourth-order valence-corrected chi connectivity index (χ4v) is 4.30. The molecule has 1 N–H and O–H groups in total. The van der Waals surface area contributed by atoms with E-state index >= 15 is 0 Å². The molecule has 29 heavy (non-hydrogen) atoms. The number of hydrogen-bond acceptors (Lipinski definition) is 4. The average Bonchev–Trinajstić information content (AvgIpc) is 3.27. The Balaban J connectivity index is 1.22. The lowest BCUT2D eigenvalue weighted by molar-refractivity contribution is -0.132. The van der Waals surface area contributed by atoms with E-state index in [2.05, 4.69) is 22.4 Å².